The van der Waals surface area contributed by atoms with Gasteiger partial charge in [-0.3, -0.25) is 4.79 Å². The number of allylic oxidation sites excluding steroid dienone is 1. The summed E-state index contributed by atoms with van der Waals surface area (Å²) in [6.07, 6.45) is 10.4. The van der Waals surface area contributed by atoms with E-state index in [2.05, 4.69) is 59.7 Å². The number of ketones is 1. The van der Waals surface area contributed by atoms with Gasteiger partial charge >= 0.3 is 0 Å². The molecular formula is C41H60O4. The molecule has 8 rings (SSSR count). The van der Waals surface area contributed by atoms with Crippen molar-refractivity contribution in [2.24, 2.45) is 82.9 Å². The number of carbonyl (C=O) groups is 1. The highest BCUT2D eigenvalue weighted by atomic mass is 16.5. The van der Waals surface area contributed by atoms with Gasteiger partial charge in [0.25, 0.3) is 0 Å². The van der Waals surface area contributed by atoms with Gasteiger partial charge in [0.05, 0.1) is 19.3 Å². The molecule has 7 aliphatic rings. The molecule has 0 amide bonds. The molecule has 0 radical (unpaired) electrons. The molecule has 0 saturated heterocycles. The van der Waals surface area contributed by atoms with Crippen molar-refractivity contribution in [3.8, 4) is 5.75 Å². The van der Waals surface area contributed by atoms with Crippen LogP contribution in [0, 0.1) is 82.9 Å². The first kappa shape index (κ1) is 31.9. The molecular weight excluding hydrogens is 556 g/mol. The molecule has 7 aliphatic carbocycles. The summed E-state index contributed by atoms with van der Waals surface area (Å²) >= 11 is 0. The van der Waals surface area contributed by atoms with Gasteiger partial charge in [0.2, 0.25) is 0 Å². The van der Waals surface area contributed by atoms with Crippen LogP contribution in [0.25, 0.3) is 0 Å². The van der Waals surface area contributed by atoms with Crippen LogP contribution >= 0.6 is 0 Å². The van der Waals surface area contributed by atoms with Crippen LogP contribution in [0.5, 0.6) is 5.75 Å². The number of ether oxygens (including phenoxy) is 1. The second-order valence-corrected chi connectivity index (χ2v) is 17.2. The lowest BCUT2D eigenvalue weighted by Crippen LogP contribution is -2.52. The molecule has 1 aromatic carbocycles. The van der Waals surface area contributed by atoms with Crippen molar-refractivity contribution in [1.82, 2.24) is 0 Å². The van der Waals surface area contributed by atoms with E-state index < -0.39 is 0 Å². The first-order valence-corrected chi connectivity index (χ1v) is 18.8. The van der Waals surface area contributed by atoms with E-state index in [0.717, 1.165) is 67.9 Å². The fourth-order valence-corrected chi connectivity index (χ4v) is 13.5. The Morgan fingerprint density at radius 2 is 1.29 bits per heavy atom. The average Bonchev–Trinajstić information content (AvgIpc) is 3.59. The normalized spacial score (nSPS) is 49.6. The van der Waals surface area contributed by atoms with Crippen LogP contribution in [0.3, 0.4) is 0 Å². The second kappa shape index (κ2) is 12.1. The maximum absolute atomic E-state index is 11.8. The monoisotopic (exact) mass is 616 g/mol. The number of rotatable bonds is 1. The standard InChI is InChI=1S/C21H30O2.C20H30O2/c1-11-9-14-10-15(23-4)5-6-16(14)21-13(3)12(2)20-17(19(11)21)7-8-18(20)22;1-10-8-13-9-14(21)4-5-15(13)20-12(3)11(2)19-16(18(10)20)6-7-17(19)22/h5-6,10-13,17-22H,7-9H2,1-4H3;9-12,15-20,22H,4-8H2,1-3H3/t11-,12?,13+,17?,18?,19?,20?,21?;10-,11?,12+,15?,16?,17?,18?,19?,20?/m11/s1. The van der Waals surface area contributed by atoms with Crippen LogP contribution in [-0.2, 0) is 11.2 Å². The number of benzene rings is 1. The van der Waals surface area contributed by atoms with Crippen molar-refractivity contribution in [3.63, 3.8) is 0 Å². The van der Waals surface area contributed by atoms with E-state index >= 15 is 0 Å². The molecule has 45 heavy (non-hydrogen) atoms. The first-order chi connectivity index (χ1) is 21.5. The molecule has 17 atom stereocenters. The van der Waals surface area contributed by atoms with Crippen molar-refractivity contribution in [2.45, 2.75) is 111 Å². The Labute approximate surface area is 272 Å². The van der Waals surface area contributed by atoms with E-state index in [1.807, 2.05) is 6.08 Å². The highest BCUT2D eigenvalue weighted by Crippen LogP contribution is 2.63. The molecule has 5 fully saturated rings. The second-order valence-electron chi connectivity index (χ2n) is 17.2. The maximum Gasteiger partial charge on any atom is 0.155 e. The summed E-state index contributed by atoms with van der Waals surface area (Å²) < 4.78 is 5.45. The number of aliphatic hydroxyl groups is 2. The number of hydrogen-bond donors (Lipinski definition) is 2. The Morgan fingerprint density at radius 3 is 1.96 bits per heavy atom. The Kier molecular flexibility index (Phi) is 8.59. The third-order valence-electron chi connectivity index (χ3n) is 15.5. The number of fused-ring (bicyclic) bond motifs is 10. The summed E-state index contributed by atoms with van der Waals surface area (Å²) in [4.78, 5) is 11.8. The van der Waals surface area contributed by atoms with Gasteiger partial charge in [-0.15, -0.1) is 0 Å². The summed E-state index contributed by atoms with van der Waals surface area (Å²) in [5.41, 5.74) is 4.52. The molecule has 0 bridgehead atoms. The molecule has 13 unspecified atom stereocenters. The Bertz CT molecular complexity index is 1300. The zero-order valence-corrected chi connectivity index (χ0v) is 29.0. The van der Waals surface area contributed by atoms with Crippen LogP contribution in [-0.4, -0.2) is 35.3 Å². The predicted octanol–water partition coefficient (Wildman–Crippen LogP) is 8.10. The topological polar surface area (TPSA) is 66.8 Å². The van der Waals surface area contributed by atoms with Crippen molar-refractivity contribution in [1.29, 1.82) is 0 Å². The molecule has 248 valence electrons. The highest BCUT2D eigenvalue weighted by Gasteiger charge is 2.58. The highest BCUT2D eigenvalue weighted by molar-refractivity contribution is 5.91. The van der Waals surface area contributed by atoms with Gasteiger partial charge in [0.1, 0.15) is 5.75 Å². The molecule has 5 saturated carbocycles. The number of methoxy groups -OCH3 is 1. The third kappa shape index (κ3) is 5.09. The number of aliphatic hydroxyl groups excluding tert-OH is 2. The molecule has 2 N–H and O–H groups in total. The van der Waals surface area contributed by atoms with Crippen molar-refractivity contribution >= 4 is 5.78 Å². The van der Waals surface area contributed by atoms with E-state index in [4.69, 9.17) is 4.74 Å². The van der Waals surface area contributed by atoms with Gasteiger partial charge in [-0.25, -0.2) is 0 Å². The summed E-state index contributed by atoms with van der Waals surface area (Å²) in [5, 5.41) is 21.0. The number of carbonyl (C=O) groups excluding carboxylic acids is 1. The fourth-order valence-electron chi connectivity index (χ4n) is 13.5. The van der Waals surface area contributed by atoms with Crippen LogP contribution in [0.2, 0.25) is 0 Å². The smallest absolute Gasteiger partial charge is 0.155 e. The lowest BCUT2D eigenvalue weighted by Gasteiger charge is -2.57. The summed E-state index contributed by atoms with van der Waals surface area (Å²) in [5.74, 6) is 11.3. The summed E-state index contributed by atoms with van der Waals surface area (Å²) in [6.45, 7) is 14.5. The van der Waals surface area contributed by atoms with Gasteiger partial charge in [0.15, 0.2) is 5.78 Å². The fraction of sp³-hybridized carbons (Fsp3) is 0.780. The average molecular weight is 617 g/mol. The van der Waals surface area contributed by atoms with Crippen molar-refractivity contribution < 1.29 is 19.7 Å². The molecule has 1 aromatic rings. The molecule has 4 heteroatoms. The van der Waals surface area contributed by atoms with E-state index in [0.29, 0.717) is 70.9 Å². The molecule has 0 heterocycles. The van der Waals surface area contributed by atoms with Crippen molar-refractivity contribution in [3.05, 3.63) is 41.0 Å². The summed E-state index contributed by atoms with van der Waals surface area (Å²) in [7, 11) is 1.76. The van der Waals surface area contributed by atoms with Gasteiger partial charge < -0.3 is 14.9 Å². The Morgan fingerprint density at radius 1 is 0.689 bits per heavy atom. The minimum Gasteiger partial charge on any atom is -0.497 e. The molecule has 0 aliphatic heterocycles. The number of hydrogen-bond acceptors (Lipinski definition) is 4. The molecule has 0 aromatic heterocycles. The van der Waals surface area contributed by atoms with Gasteiger partial charge in [0, 0.05) is 6.42 Å². The maximum atomic E-state index is 11.8. The zero-order valence-electron chi connectivity index (χ0n) is 29.0. The Balaban J connectivity index is 0.000000145. The van der Waals surface area contributed by atoms with Crippen LogP contribution in [0.1, 0.15) is 104 Å². The van der Waals surface area contributed by atoms with E-state index in [-0.39, 0.29) is 12.2 Å². The van der Waals surface area contributed by atoms with Gasteiger partial charge in [-0.1, -0.05) is 53.2 Å². The van der Waals surface area contributed by atoms with Crippen LogP contribution in [0.4, 0.5) is 0 Å². The minimum atomic E-state index is -0.0690. The van der Waals surface area contributed by atoms with Gasteiger partial charge in [-0.2, -0.15) is 0 Å². The van der Waals surface area contributed by atoms with Crippen LogP contribution in [0.15, 0.2) is 29.8 Å². The van der Waals surface area contributed by atoms with E-state index in [9.17, 15) is 15.0 Å². The van der Waals surface area contributed by atoms with Crippen molar-refractivity contribution in [2.75, 3.05) is 7.11 Å². The largest absolute Gasteiger partial charge is 0.497 e. The quantitative estimate of drug-likeness (QED) is 0.335. The predicted molar refractivity (Wildman–Crippen MR) is 180 cm³/mol. The Hall–Kier alpha value is -1.65. The van der Waals surface area contributed by atoms with Crippen LogP contribution < -0.4 is 4.74 Å². The van der Waals surface area contributed by atoms with E-state index in [1.54, 1.807) is 12.7 Å². The minimum absolute atomic E-state index is 0.0668. The first-order valence-electron chi connectivity index (χ1n) is 18.8. The van der Waals surface area contributed by atoms with Gasteiger partial charge in [-0.05, 0) is 163 Å². The summed E-state index contributed by atoms with van der Waals surface area (Å²) in [6, 6.07) is 6.72. The lowest BCUT2D eigenvalue weighted by molar-refractivity contribution is -0.117. The lowest BCUT2D eigenvalue weighted by atomic mass is 9.48. The zero-order chi connectivity index (χ0) is 31.9. The molecule has 4 nitrogen and oxygen atoms in total. The third-order valence-corrected chi connectivity index (χ3v) is 15.5. The SMILES string of the molecule is CC1C2C(O)CCC2C2C(C3CCC(=O)C=C3C[C@H]2C)[C@H]1C.COc1ccc2c(c1)C[C@@H](C)C1C3CCC(O)C3C(C)[C@H](C)C21. The van der Waals surface area contributed by atoms with E-state index in [1.165, 1.54) is 24.0 Å². The molecule has 0 spiro atoms.